The SMILES string of the molecule is Cc1cnc(=O)[nH]c1.O=CC[C@H](O)[C@H](O)CO. The zero-order chi connectivity index (χ0) is 13.3. The maximum atomic E-state index is 10.3. The molecular weight excluding hydrogens is 228 g/mol. The Morgan fingerprint density at radius 1 is 1.47 bits per heavy atom. The molecule has 1 aromatic heterocycles. The number of nitrogens with zero attached hydrogens (tertiary/aromatic N) is 1. The number of aliphatic hydroxyl groups is 3. The summed E-state index contributed by atoms with van der Waals surface area (Å²) >= 11 is 0. The largest absolute Gasteiger partial charge is 0.394 e. The van der Waals surface area contributed by atoms with Crippen LogP contribution in [0.5, 0.6) is 0 Å². The Balaban J connectivity index is 0.000000302. The molecular formula is C10H16N2O5. The molecule has 7 heteroatoms. The van der Waals surface area contributed by atoms with Crippen LogP contribution in [0, 0.1) is 6.92 Å². The highest BCUT2D eigenvalue weighted by atomic mass is 16.4. The Kier molecular flexibility index (Phi) is 7.78. The van der Waals surface area contributed by atoms with Gasteiger partial charge in [-0.1, -0.05) is 0 Å². The van der Waals surface area contributed by atoms with E-state index < -0.39 is 18.8 Å². The number of carbonyl (C=O) groups is 1. The molecule has 1 aromatic rings. The molecule has 0 saturated carbocycles. The second kappa shape index (κ2) is 8.57. The molecule has 0 fully saturated rings. The van der Waals surface area contributed by atoms with Crippen LogP contribution in [0.3, 0.4) is 0 Å². The number of aromatic amines is 1. The van der Waals surface area contributed by atoms with Gasteiger partial charge in [-0.05, 0) is 12.5 Å². The van der Waals surface area contributed by atoms with Crippen molar-refractivity contribution in [2.45, 2.75) is 25.6 Å². The number of nitrogens with one attached hydrogen (secondary N) is 1. The highest BCUT2D eigenvalue weighted by Gasteiger charge is 2.13. The van der Waals surface area contributed by atoms with E-state index in [-0.39, 0.29) is 12.1 Å². The monoisotopic (exact) mass is 244 g/mol. The molecule has 1 heterocycles. The maximum Gasteiger partial charge on any atom is 0.344 e. The van der Waals surface area contributed by atoms with Crippen LogP contribution in [-0.2, 0) is 4.79 Å². The van der Waals surface area contributed by atoms with Crippen molar-refractivity contribution in [1.82, 2.24) is 9.97 Å². The summed E-state index contributed by atoms with van der Waals surface area (Å²) in [5, 5.41) is 25.5. The number of rotatable bonds is 4. The van der Waals surface area contributed by atoms with Crippen LogP contribution in [0.2, 0.25) is 0 Å². The van der Waals surface area contributed by atoms with E-state index in [1.807, 2.05) is 6.92 Å². The van der Waals surface area contributed by atoms with Crippen LogP contribution in [0.25, 0.3) is 0 Å². The summed E-state index contributed by atoms with van der Waals surface area (Å²) in [6, 6.07) is 0. The summed E-state index contributed by atoms with van der Waals surface area (Å²) in [7, 11) is 0. The Hall–Kier alpha value is -1.57. The van der Waals surface area contributed by atoms with Gasteiger partial charge in [0.2, 0.25) is 0 Å². The van der Waals surface area contributed by atoms with Gasteiger partial charge < -0.3 is 25.1 Å². The third-order valence-electron chi connectivity index (χ3n) is 1.78. The van der Waals surface area contributed by atoms with Crippen LogP contribution in [0.15, 0.2) is 17.2 Å². The molecule has 96 valence electrons. The van der Waals surface area contributed by atoms with Gasteiger partial charge in [0.1, 0.15) is 12.4 Å². The second-order valence-electron chi connectivity index (χ2n) is 3.32. The van der Waals surface area contributed by atoms with E-state index in [2.05, 4.69) is 9.97 Å². The van der Waals surface area contributed by atoms with Gasteiger partial charge in [0, 0.05) is 18.8 Å². The number of aryl methyl sites for hydroxylation is 1. The molecule has 0 amide bonds. The molecule has 0 aliphatic rings. The van der Waals surface area contributed by atoms with Gasteiger partial charge in [-0.25, -0.2) is 9.78 Å². The third-order valence-corrected chi connectivity index (χ3v) is 1.78. The smallest absolute Gasteiger partial charge is 0.344 e. The van der Waals surface area contributed by atoms with Crippen molar-refractivity contribution in [3.63, 3.8) is 0 Å². The minimum absolute atomic E-state index is 0.137. The lowest BCUT2D eigenvalue weighted by Gasteiger charge is -2.11. The average Bonchev–Trinajstić information content (AvgIpc) is 2.33. The Labute approximate surface area is 97.8 Å². The van der Waals surface area contributed by atoms with Crippen molar-refractivity contribution >= 4 is 6.29 Å². The highest BCUT2D eigenvalue weighted by molar-refractivity contribution is 5.50. The van der Waals surface area contributed by atoms with E-state index in [1.54, 1.807) is 6.20 Å². The number of carbonyl (C=O) groups excluding carboxylic acids is 1. The predicted octanol–water partition coefficient (Wildman–Crippen LogP) is -1.63. The average molecular weight is 244 g/mol. The Bertz CT molecular complexity index is 359. The Morgan fingerprint density at radius 2 is 2.12 bits per heavy atom. The summed E-state index contributed by atoms with van der Waals surface area (Å²) in [6.07, 6.45) is 1.17. The van der Waals surface area contributed by atoms with Gasteiger partial charge >= 0.3 is 5.69 Å². The standard InChI is InChI=1S/C5H6N2O.C5H10O4/c1-4-2-6-5(8)7-3-4;6-2-1-4(8)5(9)3-7/h2-3H,1H3,(H,6,7,8);2,4-5,7-9H,1,3H2/t;4-,5+/m.0/s1. The molecule has 17 heavy (non-hydrogen) atoms. The zero-order valence-corrected chi connectivity index (χ0v) is 9.41. The molecule has 0 aliphatic heterocycles. The summed E-state index contributed by atoms with van der Waals surface area (Å²) in [5.74, 6) is 0. The van der Waals surface area contributed by atoms with Crippen LogP contribution >= 0.6 is 0 Å². The van der Waals surface area contributed by atoms with Gasteiger partial charge in [0.15, 0.2) is 0 Å². The normalized spacial score (nSPS) is 13.2. The first-order valence-corrected chi connectivity index (χ1v) is 4.93. The van der Waals surface area contributed by atoms with Crippen molar-refractivity contribution < 1.29 is 20.1 Å². The van der Waals surface area contributed by atoms with Crippen LogP contribution < -0.4 is 5.69 Å². The lowest BCUT2D eigenvalue weighted by molar-refractivity contribution is -0.111. The minimum Gasteiger partial charge on any atom is -0.394 e. The molecule has 0 bridgehead atoms. The highest BCUT2D eigenvalue weighted by Crippen LogP contribution is 1.94. The van der Waals surface area contributed by atoms with E-state index in [0.29, 0.717) is 6.29 Å². The topological polar surface area (TPSA) is 124 Å². The molecule has 0 aromatic carbocycles. The number of aldehydes is 1. The number of hydrogen-bond donors (Lipinski definition) is 4. The van der Waals surface area contributed by atoms with E-state index in [1.165, 1.54) is 6.20 Å². The molecule has 4 N–H and O–H groups in total. The first-order valence-electron chi connectivity index (χ1n) is 4.93. The Morgan fingerprint density at radius 3 is 2.47 bits per heavy atom. The predicted molar refractivity (Wildman–Crippen MR) is 59.4 cm³/mol. The number of aliphatic hydroxyl groups excluding tert-OH is 3. The van der Waals surface area contributed by atoms with Crippen molar-refractivity contribution in [3.8, 4) is 0 Å². The number of H-pyrrole nitrogens is 1. The summed E-state index contributed by atoms with van der Waals surface area (Å²) in [6.45, 7) is 1.35. The molecule has 0 radical (unpaired) electrons. The van der Waals surface area contributed by atoms with Gasteiger partial charge in [0.25, 0.3) is 0 Å². The number of hydrogen-bond acceptors (Lipinski definition) is 6. The van der Waals surface area contributed by atoms with Crippen molar-refractivity contribution in [3.05, 3.63) is 28.4 Å². The first-order chi connectivity index (χ1) is 8.01. The van der Waals surface area contributed by atoms with Gasteiger partial charge in [-0.15, -0.1) is 0 Å². The van der Waals surface area contributed by atoms with E-state index in [0.717, 1.165) is 5.56 Å². The molecule has 2 atom stereocenters. The molecule has 0 unspecified atom stereocenters. The van der Waals surface area contributed by atoms with E-state index >= 15 is 0 Å². The fourth-order valence-corrected chi connectivity index (χ4v) is 0.788. The van der Waals surface area contributed by atoms with Crippen LogP contribution in [0.1, 0.15) is 12.0 Å². The van der Waals surface area contributed by atoms with Crippen LogP contribution in [0.4, 0.5) is 0 Å². The summed E-state index contributed by atoms with van der Waals surface area (Å²) in [5.41, 5.74) is 0.667. The fourth-order valence-electron chi connectivity index (χ4n) is 0.788. The van der Waals surface area contributed by atoms with E-state index in [9.17, 15) is 9.59 Å². The van der Waals surface area contributed by atoms with Gasteiger partial charge in [-0.3, -0.25) is 0 Å². The lowest BCUT2D eigenvalue weighted by Crippen LogP contribution is -2.29. The van der Waals surface area contributed by atoms with Crippen molar-refractivity contribution in [2.24, 2.45) is 0 Å². The molecule has 7 nitrogen and oxygen atoms in total. The minimum atomic E-state index is -1.20. The molecule has 1 rings (SSSR count). The van der Waals surface area contributed by atoms with Crippen molar-refractivity contribution in [2.75, 3.05) is 6.61 Å². The van der Waals surface area contributed by atoms with Crippen molar-refractivity contribution in [1.29, 1.82) is 0 Å². The molecule has 0 spiro atoms. The molecule has 0 saturated heterocycles. The quantitative estimate of drug-likeness (QED) is 0.471. The first kappa shape index (κ1) is 15.4. The zero-order valence-electron chi connectivity index (χ0n) is 9.41. The summed E-state index contributed by atoms with van der Waals surface area (Å²) < 4.78 is 0. The fraction of sp³-hybridized carbons (Fsp3) is 0.500. The van der Waals surface area contributed by atoms with Gasteiger partial charge in [-0.2, -0.15) is 0 Å². The van der Waals surface area contributed by atoms with Gasteiger partial charge in [0.05, 0.1) is 12.7 Å². The van der Waals surface area contributed by atoms with E-state index in [4.69, 9.17) is 15.3 Å². The molecule has 0 aliphatic carbocycles. The maximum absolute atomic E-state index is 10.3. The summed E-state index contributed by atoms with van der Waals surface area (Å²) in [4.78, 5) is 25.8. The second-order valence-corrected chi connectivity index (χ2v) is 3.32. The third kappa shape index (κ3) is 7.34. The number of aromatic nitrogens is 2. The van der Waals surface area contributed by atoms with Crippen LogP contribution in [-0.4, -0.2) is 50.4 Å². The lowest BCUT2D eigenvalue weighted by atomic mass is 10.2.